The van der Waals surface area contributed by atoms with Crippen LogP contribution in [0.25, 0.3) is 0 Å². The van der Waals surface area contributed by atoms with Crippen LogP contribution in [0.15, 0.2) is 29.4 Å². The Kier molecular flexibility index (Phi) is 4.80. The Bertz CT molecular complexity index is 380. The van der Waals surface area contributed by atoms with Gasteiger partial charge in [0.1, 0.15) is 5.69 Å². The van der Waals surface area contributed by atoms with Crippen LogP contribution >= 0.6 is 7.60 Å². The van der Waals surface area contributed by atoms with Gasteiger partial charge in [-0.2, -0.15) is 0 Å². The van der Waals surface area contributed by atoms with Gasteiger partial charge < -0.3 is 9.05 Å². The molecule has 0 aliphatic rings. The zero-order chi connectivity index (χ0) is 12.0. The van der Waals surface area contributed by atoms with Crippen LogP contribution in [-0.2, 0) is 13.6 Å². The summed E-state index contributed by atoms with van der Waals surface area (Å²) in [7, 11) is -3.25. The van der Waals surface area contributed by atoms with Crippen LogP contribution < -0.4 is 5.30 Å². The predicted octanol–water partition coefficient (Wildman–Crippen LogP) is 2.98. The zero-order valence-electron chi connectivity index (χ0n) is 9.25. The molecule has 0 heterocycles. The Morgan fingerprint density at radius 1 is 1.12 bits per heavy atom. The molecular weight excluding hydrogens is 229 g/mol. The van der Waals surface area contributed by atoms with Crippen molar-refractivity contribution in [1.82, 2.24) is 0 Å². The summed E-state index contributed by atoms with van der Waals surface area (Å²) >= 11 is 0. The Balaban J connectivity index is 3.01. The average molecular weight is 243 g/mol. The first-order valence-corrected chi connectivity index (χ1v) is 6.53. The highest BCUT2D eigenvalue weighted by atomic mass is 31.2. The minimum atomic E-state index is -3.25. The van der Waals surface area contributed by atoms with E-state index in [2.05, 4.69) is 5.18 Å². The van der Waals surface area contributed by atoms with Crippen LogP contribution in [0.2, 0.25) is 0 Å². The molecule has 16 heavy (non-hydrogen) atoms. The van der Waals surface area contributed by atoms with E-state index < -0.39 is 7.60 Å². The molecule has 0 saturated carbocycles. The summed E-state index contributed by atoms with van der Waals surface area (Å²) in [4.78, 5) is 10.2. The second kappa shape index (κ2) is 5.89. The SMILES string of the molecule is CCOP(=O)(OCC)c1ccc(N=O)cc1. The highest BCUT2D eigenvalue weighted by Crippen LogP contribution is 2.46. The average Bonchev–Trinajstić information content (AvgIpc) is 2.30. The molecule has 0 fully saturated rings. The van der Waals surface area contributed by atoms with E-state index >= 15 is 0 Å². The van der Waals surface area contributed by atoms with Gasteiger partial charge >= 0.3 is 7.60 Å². The molecule has 0 radical (unpaired) electrons. The van der Waals surface area contributed by atoms with Gasteiger partial charge in [0.2, 0.25) is 0 Å². The highest BCUT2D eigenvalue weighted by molar-refractivity contribution is 7.62. The second-order valence-corrected chi connectivity index (χ2v) is 4.97. The van der Waals surface area contributed by atoms with Gasteiger partial charge in [-0.3, -0.25) is 4.57 Å². The maximum absolute atomic E-state index is 12.3. The Morgan fingerprint density at radius 2 is 1.62 bits per heavy atom. The summed E-state index contributed by atoms with van der Waals surface area (Å²) in [5.41, 5.74) is 0.281. The summed E-state index contributed by atoms with van der Waals surface area (Å²) in [6.07, 6.45) is 0. The summed E-state index contributed by atoms with van der Waals surface area (Å²) < 4.78 is 22.6. The van der Waals surface area contributed by atoms with Gasteiger partial charge in [-0.05, 0) is 43.3 Å². The van der Waals surface area contributed by atoms with Crippen molar-refractivity contribution in [2.75, 3.05) is 13.2 Å². The third-order valence-electron chi connectivity index (χ3n) is 1.87. The number of nitrogens with zero attached hydrogens (tertiary/aromatic N) is 1. The largest absolute Gasteiger partial charge is 0.361 e. The van der Waals surface area contributed by atoms with Crippen LogP contribution in [0.3, 0.4) is 0 Å². The fourth-order valence-electron chi connectivity index (χ4n) is 1.22. The van der Waals surface area contributed by atoms with Crippen LogP contribution in [0.1, 0.15) is 13.8 Å². The monoisotopic (exact) mass is 243 g/mol. The molecule has 1 aromatic rings. The quantitative estimate of drug-likeness (QED) is 0.569. The Morgan fingerprint density at radius 3 is 2.00 bits per heavy atom. The lowest BCUT2D eigenvalue weighted by Gasteiger charge is -2.16. The van der Waals surface area contributed by atoms with E-state index in [9.17, 15) is 9.47 Å². The van der Waals surface area contributed by atoms with Crippen molar-refractivity contribution in [3.05, 3.63) is 29.2 Å². The van der Waals surface area contributed by atoms with Gasteiger partial charge in [0.05, 0.1) is 18.5 Å². The Hall–Kier alpha value is -1.03. The smallest absolute Gasteiger partial charge is 0.305 e. The Labute approximate surface area is 94.3 Å². The number of hydrogen-bond donors (Lipinski definition) is 0. The standard InChI is InChI=1S/C10H14NO4P/c1-3-14-16(13,15-4-2)10-7-5-9(11-12)6-8-10/h5-8H,3-4H2,1-2H3. The van der Waals surface area contributed by atoms with Gasteiger partial charge in [0, 0.05) is 0 Å². The van der Waals surface area contributed by atoms with E-state index in [1.807, 2.05) is 0 Å². The number of benzene rings is 1. The molecule has 0 bridgehead atoms. The topological polar surface area (TPSA) is 65.0 Å². The molecule has 0 spiro atoms. The summed E-state index contributed by atoms with van der Waals surface area (Å²) in [5.74, 6) is 0. The molecule has 0 aromatic heterocycles. The lowest BCUT2D eigenvalue weighted by atomic mass is 10.3. The number of hydrogen-bond acceptors (Lipinski definition) is 5. The van der Waals surface area contributed by atoms with Crippen molar-refractivity contribution in [3.8, 4) is 0 Å². The summed E-state index contributed by atoms with van der Waals surface area (Å²) in [6.45, 7) is 4.08. The molecule has 5 nitrogen and oxygen atoms in total. The van der Waals surface area contributed by atoms with Crippen LogP contribution in [-0.4, -0.2) is 13.2 Å². The molecule has 0 atom stereocenters. The molecule has 0 amide bonds. The third kappa shape index (κ3) is 2.98. The second-order valence-electron chi connectivity index (χ2n) is 2.94. The lowest BCUT2D eigenvalue weighted by Crippen LogP contribution is -2.09. The van der Waals surface area contributed by atoms with Gasteiger partial charge in [-0.25, -0.2) is 0 Å². The summed E-state index contributed by atoms with van der Waals surface area (Å²) in [5, 5.41) is 3.20. The molecule has 0 aliphatic heterocycles. The van der Waals surface area contributed by atoms with Crippen molar-refractivity contribution in [2.24, 2.45) is 5.18 Å². The lowest BCUT2D eigenvalue weighted by molar-refractivity contribution is 0.230. The van der Waals surface area contributed by atoms with Crippen LogP contribution in [0, 0.1) is 4.91 Å². The molecule has 6 heteroatoms. The molecule has 0 saturated heterocycles. The van der Waals surface area contributed by atoms with Crippen molar-refractivity contribution in [1.29, 1.82) is 0 Å². The first kappa shape index (κ1) is 13.0. The molecule has 0 unspecified atom stereocenters. The van der Waals surface area contributed by atoms with E-state index in [-0.39, 0.29) is 5.69 Å². The van der Waals surface area contributed by atoms with Crippen LogP contribution in [0.4, 0.5) is 5.69 Å². The van der Waals surface area contributed by atoms with E-state index in [1.54, 1.807) is 13.8 Å². The molecule has 0 aliphatic carbocycles. The number of rotatable bonds is 6. The van der Waals surface area contributed by atoms with Gasteiger partial charge in [-0.1, -0.05) is 0 Å². The van der Waals surface area contributed by atoms with Gasteiger partial charge in [-0.15, -0.1) is 4.91 Å². The van der Waals surface area contributed by atoms with E-state index in [1.165, 1.54) is 24.3 Å². The van der Waals surface area contributed by atoms with Gasteiger partial charge in [0.15, 0.2) is 0 Å². The first-order valence-electron chi connectivity index (χ1n) is 4.99. The van der Waals surface area contributed by atoms with Crippen molar-refractivity contribution in [3.63, 3.8) is 0 Å². The van der Waals surface area contributed by atoms with Gasteiger partial charge in [0.25, 0.3) is 0 Å². The maximum Gasteiger partial charge on any atom is 0.361 e. The minimum absolute atomic E-state index is 0.281. The molecular formula is C10H14NO4P. The minimum Gasteiger partial charge on any atom is -0.305 e. The van der Waals surface area contributed by atoms with Crippen LogP contribution in [0.5, 0.6) is 0 Å². The normalized spacial score (nSPS) is 11.4. The van der Waals surface area contributed by atoms with Crippen molar-refractivity contribution >= 4 is 18.6 Å². The first-order chi connectivity index (χ1) is 7.66. The fraction of sp³-hybridized carbons (Fsp3) is 0.400. The molecule has 88 valence electrons. The molecule has 1 aromatic carbocycles. The van der Waals surface area contributed by atoms with Crippen molar-refractivity contribution in [2.45, 2.75) is 13.8 Å². The van der Waals surface area contributed by atoms with Crippen molar-refractivity contribution < 1.29 is 13.6 Å². The summed E-state index contributed by atoms with van der Waals surface area (Å²) in [6, 6.07) is 6.02. The van der Waals surface area contributed by atoms with E-state index in [0.29, 0.717) is 18.5 Å². The maximum atomic E-state index is 12.3. The number of nitroso groups, excluding NO2 is 1. The molecule has 1 rings (SSSR count). The molecule has 0 N–H and O–H groups in total. The van der Waals surface area contributed by atoms with E-state index in [4.69, 9.17) is 9.05 Å². The highest BCUT2D eigenvalue weighted by Gasteiger charge is 2.26. The fourth-order valence-corrected chi connectivity index (χ4v) is 2.79. The predicted molar refractivity (Wildman–Crippen MR) is 62.4 cm³/mol. The van der Waals surface area contributed by atoms with E-state index in [0.717, 1.165) is 0 Å². The zero-order valence-corrected chi connectivity index (χ0v) is 10.1. The third-order valence-corrected chi connectivity index (χ3v) is 4.00.